The summed E-state index contributed by atoms with van der Waals surface area (Å²) in [6.45, 7) is 7.14. The highest BCUT2D eigenvalue weighted by Gasteiger charge is 2.28. The molecule has 0 aromatic heterocycles. The molecule has 0 aliphatic heterocycles. The highest BCUT2D eigenvalue weighted by Crippen LogP contribution is 2.46. The Balaban J connectivity index is 2.69. The summed E-state index contributed by atoms with van der Waals surface area (Å²) in [6, 6.07) is 7.76. The number of carbonyl (C=O) groups excluding carboxylic acids is 1. The summed E-state index contributed by atoms with van der Waals surface area (Å²) in [6.07, 6.45) is -0.150. The average molecular weight is 385 g/mol. The van der Waals surface area contributed by atoms with Crippen LogP contribution < -0.4 is 10.6 Å². The molecule has 7 nitrogen and oxygen atoms in total. The Hall–Kier alpha value is -1.85. The van der Waals surface area contributed by atoms with Crippen molar-refractivity contribution in [3.63, 3.8) is 0 Å². The predicted octanol–water partition coefficient (Wildman–Crippen LogP) is 3.38. The Morgan fingerprint density at radius 3 is 2.35 bits per heavy atom. The van der Waals surface area contributed by atoms with E-state index in [1.54, 1.807) is 52.0 Å². The SMILES string of the molecule is CCOP(=O)(CCCC(NC(=O)OC(C)(C)C)C(=O)O)c1ccccc1. The first kappa shape index (κ1) is 22.2. The van der Waals surface area contributed by atoms with Crippen LogP contribution in [0.4, 0.5) is 4.79 Å². The fraction of sp³-hybridized carbons (Fsp3) is 0.556. The Labute approximate surface area is 154 Å². The maximum absolute atomic E-state index is 13.1. The number of ether oxygens (including phenoxy) is 1. The number of hydrogen-bond acceptors (Lipinski definition) is 5. The summed E-state index contributed by atoms with van der Waals surface area (Å²) in [5.74, 6) is -1.16. The number of carbonyl (C=O) groups is 2. The van der Waals surface area contributed by atoms with Gasteiger partial charge < -0.3 is 19.7 Å². The van der Waals surface area contributed by atoms with Gasteiger partial charge in [-0.1, -0.05) is 18.2 Å². The minimum Gasteiger partial charge on any atom is -0.480 e. The van der Waals surface area contributed by atoms with Crippen molar-refractivity contribution in [2.24, 2.45) is 0 Å². The van der Waals surface area contributed by atoms with E-state index in [0.29, 0.717) is 18.3 Å². The maximum Gasteiger partial charge on any atom is 0.408 e. The van der Waals surface area contributed by atoms with E-state index in [1.807, 2.05) is 6.07 Å². The minimum atomic E-state index is -3.06. The quantitative estimate of drug-likeness (QED) is 0.632. The Bertz CT molecular complexity index is 641. The summed E-state index contributed by atoms with van der Waals surface area (Å²) in [7, 11) is -3.06. The zero-order valence-electron chi connectivity index (χ0n) is 15.7. The van der Waals surface area contributed by atoms with Gasteiger partial charge in [0.25, 0.3) is 0 Å². The highest BCUT2D eigenvalue weighted by molar-refractivity contribution is 7.67. The number of aliphatic carboxylic acids is 1. The first-order valence-corrected chi connectivity index (χ1v) is 10.4. The second-order valence-electron chi connectivity index (χ2n) is 6.83. The summed E-state index contributed by atoms with van der Waals surface area (Å²) in [5, 5.41) is 12.2. The molecule has 2 unspecified atom stereocenters. The van der Waals surface area contributed by atoms with Crippen LogP contribution in [0.1, 0.15) is 40.5 Å². The van der Waals surface area contributed by atoms with Crippen molar-refractivity contribution in [1.82, 2.24) is 5.32 Å². The molecule has 0 heterocycles. The van der Waals surface area contributed by atoms with Gasteiger partial charge in [0.15, 0.2) is 0 Å². The normalized spacial score (nSPS) is 14.9. The van der Waals surface area contributed by atoms with Gasteiger partial charge in [-0.3, -0.25) is 4.57 Å². The molecule has 1 amide bonds. The first-order valence-electron chi connectivity index (χ1n) is 8.59. The van der Waals surface area contributed by atoms with Gasteiger partial charge in [-0.05, 0) is 52.7 Å². The summed E-state index contributed by atoms with van der Waals surface area (Å²) < 4.78 is 23.7. The molecule has 2 N–H and O–H groups in total. The lowest BCUT2D eigenvalue weighted by Crippen LogP contribution is -2.43. The summed E-state index contributed by atoms with van der Waals surface area (Å²) >= 11 is 0. The Morgan fingerprint density at radius 1 is 1.23 bits per heavy atom. The van der Waals surface area contributed by atoms with Gasteiger partial charge in [0.2, 0.25) is 7.37 Å². The summed E-state index contributed by atoms with van der Waals surface area (Å²) in [5.41, 5.74) is -0.717. The molecule has 0 aliphatic carbocycles. The Kier molecular flexibility index (Phi) is 8.31. The monoisotopic (exact) mass is 385 g/mol. The van der Waals surface area contributed by atoms with E-state index in [1.165, 1.54) is 0 Å². The third-order valence-corrected chi connectivity index (χ3v) is 6.09. The van der Waals surface area contributed by atoms with E-state index in [2.05, 4.69) is 5.32 Å². The third kappa shape index (κ3) is 7.58. The molecule has 146 valence electrons. The molecule has 1 rings (SSSR count). The lowest BCUT2D eigenvalue weighted by atomic mass is 10.2. The van der Waals surface area contributed by atoms with Crippen LogP contribution in [-0.4, -0.2) is 41.6 Å². The van der Waals surface area contributed by atoms with Crippen LogP contribution in [0.15, 0.2) is 30.3 Å². The lowest BCUT2D eigenvalue weighted by Gasteiger charge is -2.22. The topological polar surface area (TPSA) is 102 Å². The fourth-order valence-corrected chi connectivity index (χ4v) is 4.52. The number of benzene rings is 1. The van der Waals surface area contributed by atoms with Crippen LogP contribution in [0.5, 0.6) is 0 Å². The third-order valence-electron chi connectivity index (χ3n) is 3.42. The molecule has 0 aliphatic rings. The van der Waals surface area contributed by atoms with Crippen molar-refractivity contribution in [1.29, 1.82) is 0 Å². The van der Waals surface area contributed by atoms with Crippen molar-refractivity contribution in [3.05, 3.63) is 30.3 Å². The minimum absolute atomic E-state index is 0.123. The van der Waals surface area contributed by atoms with Gasteiger partial charge in [-0.2, -0.15) is 0 Å². The van der Waals surface area contributed by atoms with E-state index in [0.717, 1.165) is 0 Å². The van der Waals surface area contributed by atoms with E-state index in [9.17, 15) is 19.3 Å². The molecule has 0 saturated heterocycles. The van der Waals surface area contributed by atoms with E-state index < -0.39 is 31.1 Å². The number of alkyl carbamates (subject to hydrolysis) is 1. The smallest absolute Gasteiger partial charge is 0.408 e. The van der Waals surface area contributed by atoms with Crippen LogP contribution >= 0.6 is 7.37 Å². The number of carboxylic acid groups (broad SMARTS) is 1. The zero-order valence-corrected chi connectivity index (χ0v) is 16.6. The molecule has 8 heteroatoms. The van der Waals surface area contributed by atoms with Gasteiger partial charge in [0, 0.05) is 11.5 Å². The van der Waals surface area contributed by atoms with E-state index in [4.69, 9.17) is 9.26 Å². The maximum atomic E-state index is 13.1. The first-order chi connectivity index (χ1) is 12.1. The van der Waals surface area contributed by atoms with E-state index >= 15 is 0 Å². The van der Waals surface area contributed by atoms with Gasteiger partial charge in [0.1, 0.15) is 11.6 Å². The van der Waals surface area contributed by atoms with Crippen molar-refractivity contribution in [3.8, 4) is 0 Å². The second-order valence-corrected chi connectivity index (χ2v) is 9.40. The van der Waals surface area contributed by atoms with Crippen LogP contribution in [0.25, 0.3) is 0 Å². The van der Waals surface area contributed by atoms with Crippen LogP contribution in [0, 0.1) is 0 Å². The fourth-order valence-electron chi connectivity index (χ4n) is 2.34. The molecule has 0 spiro atoms. The number of rotatable bonds is 9. The van der Waals surface area contributed by atoms with Crippen LogP contribution in [-0.2, 0) is 18.6 Å². The molecule has 1 aromatic rings. The second kappa shape index (κ2) is 9.74. The number of hydrogen-bond donors (Lipinski definition) is 2. The van der Waals surface area contributed by atoms with Gasteiger partial charge in [0.05, 0.1) is 6.61 Å². The van der Waals surface area contributed by atoms with Gasteiger partial charge in [-0.25, -0.2) is 9.59 Å². The largest absolute Gasteiger partial charge is 0.480 e. The standard InChI is InChI=1S/C18H28NO6P/c1-5-24-26(23,14-10-7-6-8-11-14)13-9-12-15(16(20)21)19-17(22)25-18(2,3)4/h6-8,10-11,15H,5,9,12-13H2,1-4H3,(H,19,22)(H,20,21). The summed E-state index contributed by atoms with van der Waals surface area (Å²) in [4.78, 5) is 23.2. The molecule has 0 saturated carbocycles. The molecule has 1 aromatic carbocycles. The highest BCUT2D eigenvalue weighted by atomic mass is 31.2. The molecule has 26 heavy (non-hydrogen) atoms. The molecular formula is C18H28NO6P. The van der Waals surface area contributed by atoms with E-state index in [-0.39, 0.29) is 12.6 Å². The van der Waals surface area contributed by atoms with Gasteiger partial charge >= 0.3 is 12.1 Å². The van der Waals surface area contributed by atoms with Crippen molar-refractivity contribution in [2.45, 2.75) is 52.2 Å². The average Bonchev–Trinajstić information content (AvgIpc) is 2.53. The predicted molar refractivity (Wildman–Crippen MR) is 100 cm³/mol. The molecule has 0 bridgehead atoms. The molecular weight excluding hydrogens is 357 g/mol. The van der Waals surface area contributed by atoms with Crippen LogP contribution in [0.2, 0.25) is 0 Å². The molecule has 2 atom stereocenters. The van der Waals surface area contributed by atoms with Crippen LogP contribution in [0.3, 0.4) is 0 Å². The zero-order chi connectivity index (χ0) is 19.8. The molecule has 0 radical (unpaired) electrons. The number of carboxylic acids is 1. The Morgan fingerprint density at radius 2 is 1.85 bits per heavy atom. The molecule has 0 fully saturated rings. The van der Waals surface area contributed by atoms with Gasteiger partial charge in [-0.15, -0.1) is 0 Å². The van der Waals surface area contributed by atoms with Crippen molar-refractivity contribution in [2.75, 3.05) is 12.8 Å². The van der Waals surface area contributed by atoms with Crippen molar-refractivity contribution < 1.29 is 28.5 Å². The van der Waals surface area contributed by atoms with Crippen molar-refractivity contribution >= 4 is 24.7 Å². The lowest BCUT2D eigenvalue weighted by molar-refractivity contribution is -0.139. The number of amides is 1. The number of nitrogens with one attached hydrogen (secondary N) is 1.